The Morgan fingerprint density at radius 3 is 2.70 bits per heavy atom. The molecule has 4 unspecified atom stereocenters. The van der Waals surface area contributed by atoms with Crippen molar-refractivity contribution in [1.82, 2.24) is 10.2 Å². The summed E-state index contributed by atoms with van der Waals surface area (Å²) in [5.74, 6) is 0.595. The third kappa shape index (κ3) is 5.96. The van der Waals surface area contributed by atoms with Crippen molar-refractivity contribution in [1.29, 1.82) is 0 Å². The summed E-state index contributed by atoms with van der Waals surface area (Å²) in [4.78, 5) is 14.2. The molecule has 0 aromatic heterocycles. The van der Waals surface area contributed by atoms with Gasteiger partial charge in [-0.15, -0.1) is 0 Å². The van der Waals surface area contributed by atoms with Crippen molar-refractivity contribution in [3.63, 3.8) is 0 Å². The molecule has 1 aliphatic heterocycles. The molecule has 1 amide bonds. The number of likely N-dealkylation sites (tertiary alicyclic amines) is 1. The van der Waals surface area contributed by atoms with Crippen LogP contribution in [0, 0.1) is 5.92 Å². The van der Waals surface area contributed by atoms with E-state index < -0.39 is 5.60 Å². The van der Waals surface area contributed by atoms with Gasteiger partial charge in [0.05, 0.1) is 6.10 Å². The zero-order valence-corrected chi connectivity index (χ0v) is 15.2. The first kappa shape index (κ1) is 18.5. The van der Waals surface area contributed by atoms with Gasteiger partial charge in [0, 0.05) is 18.6 Å². The highest BCUT2D eigenvalue weighted by atomic mass is 16.6. The molecule has 0 bridgehead atoms. The number of carbonyl (C=O) groups excluding carboxylic acids is 1. The highest BCUT2D eigenvalue weighted by Gasteiger charge is 2.33. The van der Waals surface area contributed by atoms with Crippen molar-refractivity contribution in [2.24, 2.45) is 5.92 Å². The lowest BCUT2D eigenvalue weighted by Gasteiger charge is -2.30. The standard InChI is InChI=1S/C18H34N2O3/c1-13(19-12-14-7-8-16(21)11-14)10-15-6-5-9-20(15)17(22)23-18(2,3)4/h13-16,19,21H,5-12H2,1-4H3. The average molecular weight is 326 g/mol. The first-order chi connectivity index (χ1) is 10.7. The molecule has 2 rings (SSSR count). The molecule has 5 nitrogen and oxygen atoms in total. The molecule has 134 valence electrons. The maximum absolute atomic E-state index is 12.3. The highest BCUT2D eigenvalue weighted by molar-refractivity contribution is 5.68. The fourth-order valence-electron chi connectivity index (χ4n) is 3.73. The predicted molar refractivity (Wildman–Crippen MR) is 91.4 cm³/mol. The Labute approximate surface area is 140 Å². The van der Waals surface area contributed by atoms with E-state index in [-0.39, 0.29) is 18.2 Å². The van der Waals surface area contributed by atoms with Crippen LogP contribution in [0.25, 0.3) is 0 Å². The number of hydrogen-bond donors (Lipinski definition) is 2. The first-order valence-corrected chi connectivity index (χ1v) is 9.15. The number of nitrogens with one attached hydrogen (secondary N) is 1. The van der Waals surface area contributed by atoms with Gasteiger partial charge in [0.15, 0.2) is 0 Å². The Balaban J connectivity index is 1.75. The molecule has 2 fully saturated rings. The second kappa shape index (κ2) is 7.84. The molecule has 1 aliphatic carbocycles. The van der Waals surface area contributed by atoms with Gasteiger partial charge >= 0.3 is 6.09 Å². The second-order valence-electron chi connectivity index (χ2n) is 8.35. The Morgan fingerprint density at radius 1 is 1.35 bits per heavy atom. The molecule has 1 saturated carbocycles. The molecule has 5 heteroatoms. The van der Waals surface area contributed by atoms with E-state index in [1.807, 2.05) is 25.7 Å². The van der Waals surface area contributed by atoms with Crippen molar-refractivity contribution in [2.75, 3.05) is 13.1 Å². The maximum Gasteiger partial charge on any atom is 0.410 e. The number of carbonyl (C=O) groups is 1. The molecule has 4 atom stereocenters. The molecule has 1 saturated heterocycles. The molecule has 23 heavy (non-hydrogen) atoms. The third-order valence-corrected chi connectivity index (χ3v) is 4.90. The number of nitrogens with zero attached hydrogens (tertiary/aromatic N) is 1. The minimum atomic E-state index is -0.433. The summed E-state index contributed by atoms with van der Waals surface area (Å²) in [6.07, 6.45) is 5.80. The van der Waals surface area contributed by atoms with E-state index in [0.717, 1.165) is 51.6 Å². The lowest BCUT2D eigenvalue weighted by molar-refractivity contribution is 0.0214. The van der Waals surface area contributed by atoms with Crippen LogP contribution in [-0.2, 0) is 4.74 Å². The van der Waals surface area contributed by atoms with Crippen LogP contribution in [0.15, 0.2) is 0 Å². The molecular weight excluding hydrogens is 292 g/mol. The van der Waals surface area contributed by atoms with Gasteiger partial charge in [-0.1, -0.05) is 0 Å². The summed E-state index contributed by atoms with van der Waals surface area (Å²) in [5, 5.41) is 13.2. The Bertz CT molecular complexity index is 394. The summed E-state index contributed by atoms with van der Waals surface area (Å²) in [6, 6.07) is 0.655. The van der Waals surface area contributed by atoms with E-state index in [1.165, 1.54) is 0 Å². The van der Waals surface area contributed by atoms with Crippen LogP contribution in [0.3, 0.4) is 0 Å². The normalized spacial score (nSPS) is 29.8. The second-order valence-corrected chi connectivity index (χ2v) is 8.35. The van der Waals surface area contributed by atoms with Crippen LogP contribution in [0.2, 0.25) is 0 Å². The molecule has 2 aliphatic rings. The van der Waals surface area contributed by atoms with Gasteiger partial charge in [0.25, 0.3) is 0 Å². The van der Waals surface area contributed by atoms with Crippen molar-refractivity contribution in [2.45, 2.75) is 90.0 Å². The lowest BCUT2D eigenvalue weighted by atomic mass is 10.0. The smallest absolute Gasteiger partial charge is 0.410 e. The van der Waals surface area contributed by atoms with Crippen LogP contribution in [0.1, 0.15) is 66.2 Å². The van der Waals surface area contributed by atoms with Crippen LogP contribution >= 0.6 is 0 Å². The number of aliphatic hydroxyl groups excluding tert-OH is 1. The molecule has 0 aromatic rings. The summed E-state index contributed by atoms with van der Waals surface area (Å²) < 4.78 is 5.53. The van der Waals surface area contributed by atoms with Crippen molar-refractivity contribution in [3.05, 3.63) is 0 Å². The first-order valence-electron chi connectivity index (χ1n) is 9.15. The topological polar surface area (TPSA) is 61.8 Å². The zero-order valence-electron chi connectivity index (χ0n) is 15.2. The summed E-state index contributed by atoms with van der Waals surface area (Å²) in [7, 11) is 0. The van der Waals surface area contributed by atoms with Gasteiger partial charge in [-0.05, 0) is 78.7 Å². The Hall–Kier alpha value is -0.810. The van der Waals surface area contributed by atoms with Gasteiger partial charge in [0.1, 0.15) is 5.60 Å². The summed E-state index contributed by atoms with van der Waals surface area (Å²) >= 11 is 0. The Morgan fingerprint density at radius 2 is 2.09 bits per heavy atom. The minimum Gasteiger partial charge on any atom is -0.444 e. The number of aliphatic hydroxyl groups is 1. The fraction of sp³-hybridized carbons (Fsp3) is 0.944. The van der Waals surface area contributed by atoms with E-state index in [1.54, 1.807) is 0 Å². The highest BCUT2D eigenvalue weighted by Crippen LogP contribution is 2.26. The number of amides is 1. The van der Waals surface area contributed by atoms with E-state index in [2.05, 4.69) is 12.2 Å². The fourth-order valence-corrected chi connectivity index (χ4v) is 3.73. The summed E-state index contributed by atoms with van der Waals surface area (Å²) in [5.41, 5.74) is -0.433. The monoisotopic (exact) mass is 326 g/mol. The molecule has 0 spiro atoms. The van der Waals surface area contributed by atoms with Gasteiger partial charge in [-0.25, -0.2) is 4.79 Å². The van der Waals surface area contributed by atoms with Crippen LogP contribution in [0.4, 0.5) is 4.79 Å². The lowest BCUT2D eigenvalue weighted by Crippen LogP contribution is -2.43. The van der Waals surface area contributed by atoms with E-state index >= 15 is 0 Å². The van der Waals surface area contributed by atoms with Crippen LogP contribution < -0.4 is 5.32 Å². The predicted octanol–water partition coefficient (Wildman–Crippen LogP) is 2.92. The van der Waals surface area contributed by atoms with Crippen molar-refractivity contribution >= 4 is 6.09 Å². The number of rotatable bonds is 5. The molecule has 1 heterocycles. The quantitative estimate of drug-likeness (QED) is 0.815. The van der Waals surface area contributed by atoms with E-state index in [9.17, 15) is 9.90 Å². The van der Waals surface area contributed by atoms with Gasteiger partial charge in [-0.2, -0.15) is 0 Å². The SMILES string of the molecule is CC(CC1CCCN1C(=O)OC(C)(C)C)NCC1CCC(O)C1. The van der Waals surface area contributed by atoms with E-state index in [4.69, 9.17) is 4.74 Å². The van der Waals surface area contributed by atoms with Crippen molar-refractivity contribution < 1.29 is 14.6 Å². The van der Waals surface area contributed by atoms with Crippen molar-refractivity contribution in [3.8, 4) is 0 Å². The molecule has 0 radical (unpaired) electrons. The van der Waals surface area contributed by atoms with Crippen LogP contribution in [0.5, 0.6) is 0 Å². The van der Waals surface area contributed by atoms with Gasteiger partial charge < -0.3 is 20.1 Å². The molecule has 0 aromatic carbocycles. The van der Waals surface area contributed by atoms with E-state index in [0.29, 0.717) is 12.0 Å². The third-order valence-electron chi connectivity index (χ3n) is 4.90. The Kier molecular flexibility index (Phi) is 6.32. The summed E-state index contributed by atoms with van der Waals surface area (Å²) in [6.45, 7) is 9.71. The van der Waals surface area contributed by atoms with Crippen LogP contribution in [-0.4, -0.2) is 53.0 Å². The molecular formula is C18H34N2O3. The van der Waals surface area contributed by atoms with Gasteiger partial charge in [0.2, 0.25) is 0 Å². The largest absolute Gasteiger partial charge is 0.444 e. The number of hydrogen-bond acceptors (Lipinski definition) is 4. The zero-order chi connectivity index (χ0) is 17.0. The van der Waals surface area contributed by atoms with Gasteiger partial charge in [-0.3, -0.25) is 0 Å². The number of ether oxygens (including phenoxy) is 1. The average Bonchev–Trinajstić information content (AvgIpc) is 3.03. The maximum atomic E-state index is 12.3. The minimum absolute atomic E-state index is 0.102. The molecule has 2 N–H and O–H groups in total.